The Morgan fingerprint density at radius 1 is 1.44 bits per heavy atom. The summed E-state index contributed by atoms with van der Waals surface area (Å²) >= 11 is 0. The minimum atomic E-state index is -2.95. The Bertz CT molecular complexity index is 445. The topological polar surface area (TPSA) is 46.2 Å². The number of hydrogen-bond acceptors (Lipinski definition) is 3. The van der Waals surface area contributed by atoms with Crippen LogP contribution in [-0.2, 0) is 9.84 Å². The molecule has 1 N–H and O–H groups in total. The number of sulfone groups is 1. The molecule has 0 aliphatic carbocycles. The lowest BCUT2D eigenvalue weighted by Gasteiger charge is -2.13. The van der Waals surface area contributed by atoms with Crippen LogP contribution in [0.5, 0.6) is 0 Å². The summed E-state index contributed by atoms with van der Waals surface area (Å²) in [7, 11) is -2.95. The molecule has 1 atom stereocenters. The third-order valence-electron chi connectivity index (χ3n) is 2.27. The fourth-order valence-electron chi connectivity index (χ4n) is 1.35. The molecular weight excluding hydrogens is 229 g/mol. The quantitative estimate of drug-likeness (QED) is 0.855. The first kappa shape index (κ1) is 13.1. The number of hydrogen-bond donors (Lipinski definition) is 1. The Hall–Kier alpha value is -0.940. The van der Waals surface area contributed by atoms with Crippen LogP contribution >= 0.6 is 0 Å². The molecular formula is C11H16FNO2S. The average molecular weight is 245 g/mol. The van der Waals surface area contributed by atoms with Crippen LogP contribution in [0.4, 0.5) is 4.39 Å². The molecule has 1 aromatic rings. The van der Waals surface area contributed by atoms with Gasteiger partial charge in [-0.2, -0.15) is 0 Å². The van der Waals surface area contributed by atoms with Gasteiger partial charge in [0.15, 0.2) is 0 Å². The van der Waals surface area contributed by atoms with Gasteiger partial charge in [0.2, 0.25) is 0 Å². The summed E-state index contributed by atoms with van der Waals surface area (Å²) in [6.07, 6.45) is 1.20. The SMILES string of the molecule is C[C@H](NCCS(C)(=O)=O)c1cccc(F)c1. The van der Waals surface area contributed by atoms with E-state index in [1.165, 1.54) is 18.4 Å². The summed E-state index contributed by atoms with van der Waals surface area (Å²) in [6.45, 7) is 2.24. The van der Waals surface area contributed by atoms with Crippen LogP contribution in [0.15, 0.2) is 24.3 Å². The Morgan fingerprint density at radius 2 is 2.12 bits per heavy atom. The maximum absolute atomic E-state index is 12.9. The van der Waals surface area contributed by atoms with Crippen LogP contribution < -0.4 is 5.32 Å². The van der Waals surface area contributed by atoms with Crippen molar-refractivity contribution < 1.29 is 12.8 Å². The van der Waals surface area contributed by atoms with Crippen LogP contribution in [0, 0.1) is 5.82 Å². The zero-order valence-electron chi connectivity index (χ0n) is 9.40. The smallest absolute Gasteiger partial charge is 0.148 e. The third kappa shape index (κ3) is 4.72. The summed E-state index contributed by atoms with van der Waals surface area (Å²) in [5.41, 5.74) is 0.813. The van der Waals surface area contributed by atoms with Crippen molar-refractivity contribution in [3.05, 3.63) is 35.6 Å². The number of nitrogens with one attached hydrogen (secondary N) is 1. The van der Waals surface area contributed by atoms with Gasteiger partial charge in [-0.05, 0) is 24.6 Å². The fraction of sp³-hybridized carbons (Fsp3) is 0.455. The maximum atomic E-state index is 12.9. The molecule has 16 heavy (non-hydrogen) atoms. The summed E-state index contributed by atoms with van der Waals surface area (Å²) < 4.78 is 34.7. The van der Waals surface area contributed by atoms with Crippen molar-refractivity contribution in [3.63, 3.8) is 0 Å². The van der Waals surface area contributed by atoms with Crippen molar-refractivity contribution >= 4 is 9.84 Å². The molecule has 0 heterocycles. The standard InChI is InChI=1S/C11H16FNO2S/c1-9(13-6-7-16(2,14)15)10-4-3-5-11(12)8-10/h3-5,8-9,13H,6-7H2,1-2H3/t9-/m0/s1. The van der Waals surface area contributed by atoms with Gasteiger partial charge in [0.05, 0.1) is 5.75 Å². The predicted molar refractivity (Wildman–Crippen MR) is 62.5 cm³/mol. The largest absolute Gasteiger partial charge is 0.309 e. The summed E-state index contributed by atoms with van der Waals surface area (Å²) in [6, 6.07) is 6.21. The van der Waals surface area contributed by atoms with Crippen molar-refractivity contribution in [1.82, 2.24) is 5.32 Å². The van der Waals surface area contributed by atoms with Crippen LogP contribution in [0.2, 0.25) is 0 Å². The van der Waals surface area contributed by atoms with Gasteiger partial charge >= 0.3 is 0 Å². The van der Waals surface area contributed by atoms with E-state index in [1.54, 1.807) is 12.1 Å². The van der Waals surface area contributed by atoms with Crippen molar-refractivity contribution in [2.24, 2.45) is 0 Å². The van der Waals surface area contributed by atoms with Crippen molar-refractivity contribution in [3.8, 4) is 0 Å². The van der Waals surface area contributed by atoms with E-state index in [2.05, 4.69) is 5.32 Å². The van der Waals surface area contributed by atoms with E-state index in [-0.39, 0.29) is 17.6 Å². The zero-order valence-corrected chi connectivity index (χ0v) is 10.2. The first-order valence-electron chi connectivity index (χ1n) is 5.05. The fourth-order valence-corrected chi connectivity index (χ4v) is 1.84. The molecule has 0 unspecified atom stereocenters. The second-order valence-corrected chi connectivity index (χ2v) is 6.12. The van der Waals surface area contributed by atoms with Crippen LogP contribution in [0.25, 0.3) is 0 Å². The number of halogens is 1. The molecule has 0 spiro atoms. The highest BCUT2D eigenvalue weighted by Gasteiger charge is 2.07. The van der Waals surface area contributed by atoms with E-state index in [1.807, 2.05) is 6.92 Å². The molecule has 5 heteroatoms. The molecule has 0 saturated carbocycles. The van der Waals surface area contributed by atoms with Crippen LogP contribution in [-0.4, -0.2) is 27.0 Å². The van der Waals surface area contributed by atoms with Gasteiger partial charge in [-0.3, -0.25) is 0 Å². The monoisotopic (exact) mass is 245 g/mol. The van der Waals surface area contributed by atoms with Gasteiger partial charge < -0.3 is 5.32 Å². The first-order valence-corrected chi connectivity index (χ1v) is 7.11. The molecule has 0 radical (unpaired) electrons. The number of rotatable bonds is 5. The molecule has 0 fully saturated rings. The van der Waals surface area contributed by atoms with E-state index in [9.17, 15) is 12.8 Å². The Morgan fingerprint density at radius 3 is 2.69 bits per heavy atom. The van der Waals surface area contributed by atoms with Gasteiger partial charge in [-0.25, -0.2) is 12.8 Å². The van der Waals surface area contributed by atoms with E-state index < -0.39 is 9.84 Å². The molecule has 1 rings (SSSR count). The van der Waals surface area contributed by atoms with Crippen molar-refractivity contribution in [2.75, 3.05) is 18.6 Å². The molecule has 3 nitrogen and oxygen atoms in total. The normalized spacial score (nSPS) is 13.7. The molecule has 0 saturated heterocycles. The van der Waals surface area contributed by atoms with E-state index in [0.29, 0.717) is 6.54 Å². The van der Waals surface area contributed by atoms with Gasteiger partial charge in [0.1, 0.15) is 15.7 Å². The second-order valence-electron chi connectivity index (χ2n) is 3.86. The second kappa shape index (κ2) is 5.41. The van der Waals surface area contributed by atoms with E-state index in [0.717, 1.165) is 5.56 Å². The van der Waals surface area contributed by atoms with Gasteiger partial charge in [0, 0.05) is 18.8 Å². The van der Waals surface area contributed by atoms with Crippen LogP contribution in [0.1, 0.15) is 18.5 Å². The van der Waals surface area contributed by atoms with Gasteiger partial charge in [0.25, 0.3) is 0 Å². The molecule has 90 valence electrons. The number of benzene rings is 1. The lowest BCUT2D eigenvalue weighted by molar-refractivity contribution is 0.569. The first-order chi connectivity index (χ1) is 7.38. The Kier molecular flexibility index (Phi) is 4.44. The van der Waals surface area contributed by atoms with Gasteiger partial charge in [-0.1, -0.05) is 12.1 Å². The summed E-state index contributed by atoms with van der Waals surface area (Å²) in [5, 5.41) is 3.04. The zero-order chi connectivity index (χ0) is 12.2. The van der Waals surface area contributed by atoms with E-state index in [4.69, 9.17) is 0 Å². The summed E-state index contributed by atoms with van der Waals surface area (Å²) in [4.78, 5) is 0. The minimum absolute atomic E-state index is 0.0579. The van der Waals surface area contributed by atoms with Crippen molar-refractivity contribution in [2.45, 2.75) is 13.0 Å². The van der Waals surface area contributed by atoms with E-state index >= 15 is 0 Å². The Balaban J connectivity index is 2.50. The lowest BCUT2D eigenvalue weighted by atomic mass is 10.1. The highest BCUT2D eigenvalue weighted by molar-refractivity contribution is 7.90. The third-order valence-corrected chi connectivity index (χ3v) is 3.22. The predicted octanol–water partition coefficient (Wildman–Crippen LogP) is 1.52. The minimum Gasteiger partial charge on any atom is -0.309 e. The molecule has 0 aromatic heterocycles. The highest BCUT2D eigenvalue weighted by atomic mass is 32.2. The summed E-state index contributed by atoms with van der Waals surface area (Å²) in [5.74, 6) is -0.193. The maximum Gasteiger partial charge on any atom is 0.148 e. The molecule has 0 amide bonds. The molecule has 0 bridgehead atoms. The van der Waals surface area contributed by atoms with Gasteiger partial charge in [-0.15, -0.1) is 0 Å². The van der Waals surface area contributed by atoms with Crippen molar-refractivity contribution in [1.29, 1.82) is 0 Å². The molecule has 0 aliphatic rings. The van der Waals surface area contributed by atoms with Crippen LogP contribution in [0.3, 0.4) is 0 Å². The molecule has 0 aliphatic heterocycles. The Labute approximate surface area is 95.6 Å². The molecule has 1 aromatic carbocycles. The highest BCUT2D eigenvalue weighted by Crippen LogP contribution is 2.12. The lowest BCUT2D eigenvalue weighted by Crippen LogP contribution is -2.25. The average Bonchev–Trinajstić information content (AvgIpc) is 2.15.